The minimum atomic E-state index is -0.422. The van der Waals surface area contributed by atoms with Crippen molar-refractivity contribution in [2.75, 3.05) is 34.3 Å². The number of hydrogen-bond donors (Lipinski definition) is 0. The van der Waals surface area contributed by atoms with Crippen molar-refractivity contribution in [1.29, 1.82) is 0 Å². The van der Waals surface area contributed by atoms with Crippen LogP contribution in [0.25, 0.3) is 0 Å². The summed E-state index contributed by atoms with van der Waals surface area (Å²) in [6, 6.07) is 0. The molecule has 0 aromatic carbocycles. The number of nitrogens with zero attached hydrogens (tertiary/aromatic N) is 1. The quantitative estimate of drug-likeness (QED) is 0.0491. The van der Waals surface area contributed by atoms with Crippen LogP contribution in [0.15, 0.2) is 0 Å². The molecule has 0 amide bonds. The van der Waals surface area contributed by atoms with Crippen LogP contribution >= 0.6 is 0 Å². The van der Waals surface area contributed by atoms with Gasteiger partial charge in [0, 0.05) is 6.42 Å². The van der Waals surface area contributed by atoms with E-state index >= 15 is 0 Å². The second kappa shape index (κ2) is 28.0. The smallest absolute Gasteiger partial charge is 0.309 e. The number of ether oxygens (including phenoxy) is 2. The molecule has 0 aliphatic rings. The maximum absolute atomic E-state index is 12.5. The van der Waals surface area contributed by atoms with Crippen LogP contribution < -0.4 is 0 Å². The Morgan fingerprint density at radius 1 is 0.525 bits per heavy atom. The number of esters is 2. The first-order chi connectivity index (χ1) is 19.3. The van der Waals surface area contributed by atoms with Crippen molar-refractivity contribution >= 4 is 11.9 Å². The molecule has 0 aliphatic carbocycles. The molecule has 40 heavy (non-hydrogen) atoms. The van der Waals surface area contributed by atoms with Gasteiger partial charge in [-0.15, -0.1) is 0 Å². The Labute approximate surface area is 250 Å². The Kier molecular flexibility index (Phi) is 27.3. The summed E-state index contributed by atoms with van der Waals surface area (Å²) in [4.78, 5) is 24.9. The van der Waals surface area contributed by atoms with Crippen molar-refractivity contribution in [3.63, 3.8) is 0 Å². The molecule has 0 fully saturated rings. The van der Waals surface area contributed by atoms with E-state index in [9.17, 15) is 9.59 Å². The van der Waals surface area contributed by atoms with Gasteiger partial charge in [0.25, 0.3) is 0 Å². The zero-order valence-electron chi connectivity index (χ0n) is 27.7. The highest BCUT2D eigenvalue weighted by atomic mass is 16.6. The highest BCUT2D eigenvalue weighted by Crippen LogP contribution is 2.15. The third-order valence-electron chi connectivity index (χ3n) is 7.69. The molecule has 0 radical (unpaired) electrons. The minimum absolute atomic E-state index is 0.151. The summed E-state index contributed by atoms with van der Waals surface area (Å²) in [5.41, 5.74) is 0. The van der Waals surface area contributed by atoms with E-state index in [1.165, 1.54) is 122 Å². The molecule has 1 atom stereocenters. The fraction of sp³-hybridized carbons (Fsp3) is 0.943. The predicted octanol–water partition coefficient (Wildman–Crippen LogP) is 9.94. The molecule has 0 saturated heterocycles. The fourth-order valence-electron chi connectivity index (χ4n) is 5.31. The molecule has 0 N–H and O–H groups in total. The van der Waals surface area contributed by atoms with Gasteiger partial charge < -0.3 is 14.0 Å². The van der Waals surface area contributed by atoms with Gasteiger partial charge in [-0.1, -0.05) is 149 Å². The first-order valence-electron chi connectivity index (χ1n) is 17.4. The van der Waals surface area contributed by atoms with Gasteiger partial charge in [-0.2, -0.15) is 0 Å². The maximum Gasteiger partial charge on any atom is 0.309 e. The fourth-order valence-corrected chi connectivity index (χ4v) is 5.31. The summed E-state index contributed by atoms with van der Waals surface area (Å²) in [5, 5.41) is 0. The molecular formula is C35H70NO4+. The van der Waals surface area contributed by atoms with Crippen LogP contribution in [0.5, 0.6) is 0 Å². The largest absolute Gasteiger partial charge is 0.466 e. The molecule has 0 rings (SSSR count). The van der Waals surface area contributed by atoms with Gasteiger partial charge in [0.1, 0.15) is 6.54 Å². The van der Waals surface area contributed by atoms with Crippen LogP contribution in [0.3, 0.4) is 0 Å². The van der Waals surface area contributed by atoms with Crippen molar-refractivity contribution < 1.29 is 23.5 Å². The molecule has 0 spiro atoms. The molecule has 0 heterocycles. The predicted molar refractivity (Wildman–Crippen MR) is 171 cm³/mol. The van der Waals surface area contributed by atoms with E-state index in [-0.39, 0.29) is 18.4 Å². The molecule has 0 aromatic heterocycles. The SMILES string of the molecule is CCCCCCCCCCCCCCC(=O)O[C@H](CC(=O)OCCCCCCCCCCCCC)C[N+](C)(C)C. The first kappa shape index (κ1) is 38.9. The third kappa shape index (κ3) is 29.9. The van der Waals surface area contributed by atoms with Crippen molar-refractivity contribution in [1.82, 2.24) is 0 Å². The first-order valence-corrected chi connectivity index (χ1v) is 17.4. The average molecular weight is 569 g/mol. The van der Waals surface area contributed by atoms with Gasteiger partial charge in [-0.3, -0.25) is 9.59 Å². The highest BCUT2D eigenvalue weighted by molar-refractivity contribution is 5.72. The van der Waals surface area contributed by atoms with Crippen molar-refractivity contribution in [2.45, 2.75) is 180 Å². The molecule has 5 nitrogen and oxygen atoms in total. The van der Waals surface area contributed by atoms with Crippen molar-refractivity contribution in [3.05, 3.63) is 0 Å². The van der Waals surface area contributed by atoms with Crippen LogP contribution in [-0.4, -0.2) is 56.8 Å². The summed E-state index contributed by atoms with van der Waals surface area (Å²) in [6.45, 7) is 5.61. The molecule has 0 unspecified atom stereocenters. The number of hydrogen-bond acceptors (Lipinski definition) is 4. The van der Waals surface area contributed by atoms with E-state index in [4.69, 9.17) is 9.47 Å². The summed E-state index contributed by atoms with van der Waals surface area (Å²) in [5.74, 6) is -0.424. The third-order valence-corrected chi connectivity index (χ3v) is 7.69. The highest BCUT2D eigenvalue weighted by Gasteiger charge is 2.25. The van der Waals surface area contributed by atoms with Gasteiger partial charge in [0.15, 0.2) is 6.10 Å². The Hall–Kier alpha value is -1.10. The van der Waals surface area contributed by atoms with Gasteiger partial charge >= 0.3 is 11.9 Å². The lowest BCUT2D eigenvalue weighted by Crippen LogP contribution is -2.44. The van der Waals surface area contributed by atoms with Gasteiger partial charge in [-0.05, 0) is 12.8 Å². The van der Waals surface area contributed by atoms with E-state index in [0.29, 0.717) is 24.1 Å². The lowest BCUT2D eigenvalue weighted by molar-refractivity contribution is -0.873. The Bertz CT molecular complexity index is 530. The van der Waals surface area contributed by atoms with E-state index < -0.39 is 6.10 Å². The maximum atomic E-state index is 12.5. The summed E-state index contributed by atoms with van der Waals surface area (Å²) < 4.78 is 11.9. The number of carbonyl (C=O) groups is 2. The second-order valence-electron chi connectivity index (χ2n) is 13.2. The second-order valence-corrected chi connectivity index (χ2v) is 13.2. The minimum Gasteiger partial charge on any atom is -0.466 e. The van der Waals surface area contributed by atoms with E-state index in [1.54, 1.807) is 0 Å². The van der Waals surface area contributed by atoms with Crippen LogP contribution in [-0.2, 0) is 19.1 Å². The lowest BCUT2D eigenvalue weighted by atomic mass is 10.0. The van der Waals surface area contributed by atoms with Crippen LogP contribution in [0, 0.1) is 0 Å². The molecule has 0 bridgehead atoms. The molecule has 0 saturated carbocycles. The van der Waals surface area contributed by atoms with Gasteiger partial charge in [-0.25, -0.2) is 0 Å². The van der Waals surface area contributed by atoms with Gasteiger partial charge in [0.2, 0.25) is 0 Å². The van der Waals surface area contributed by atoms with Crippen molar-refractivity contribution in [3.8, 4) is 0 Å². The molecule has 0 aromatic rings. The monoisotopic (exact) mass is 569 g/mol. The van der Waals surface area contributed by atoms with E-state index in [1.807, 2.05) is 0 Å². The summed E-state index contributed by atoms with van der Waals surface area (Å²) >= 11 is 0. The number of likely N-dealkylation sites (N-methyl/N-ethyl adjacent to an activating group) is 1. The number of quaternary nitrogens is 1. The van der Waals surface area contributed by atoms with E-state index in [0.717, 1.165) is 25.7 Å². The molecule has 238 valence electrons. The number of rotatable bonds is 30. The topological polar surface area (TPSA) is 52.6 Å². The van der Waals surface area contributed by atoms with Crippen LogP contribution in [0.1, 0.15) is 174 Å². The molecule has 0 aliphatic heterocycles. The van der Waals surface area contributed by atoms with E-state index in [2.05, 4.69) is 35.0 Å². The zero-order valence-corrected chi connectivity index (χ0v) is 27.7. The summed E-state index contributed by atoms with van der Waals surface area (Å²) in [7, 11) is 6.17. The lowest BCUT2D eigenvalue weighted by Gasteiger charge is -2.28. The molecular weight excluding hydrogens is 498 g/mol. The van der Waals surface area contributed by atoms with Crippen LogP contribution in [0.4, 0.5) is 0 Å². The van der Waals surface area contributed by atoms with Gasteiger partial charge in [0.05, 0.1) is 34.2 Å². The number of unbranched alkanes of at least 4 members (excludes halogenated alkanes) is 21. The summed E-state index contributed by atoms with van der Waals surface area (Å²) in [6.07, 6.45) is 29.5. The van der Waals surface area contributed by atoms with Crippen LogP contribution in [0.2, 0.25) is 0 Å². The zero-order chi connectivity index (χ0) is 29.7. The number of carbonyl (C=O) groups excluding carboxylic acids is 2. The standard InChI is InChI=1S/C35H70NO4/c1-6-8-10-12-14-16-18-19-21-23-25-27-29-34(37)40-33(32-36(3,4)5)31-35(38)39-30-28-26-24-22-20-17-15-13-11-9-7-2/h33H,6-32H2,1-5H3/q+1/t33-/m1/s1. The normalized spacial score (nSPS) is 12.4. The Morgan fingerprint density at radius 3 is 1.30 bits per heavy atom. The Morgan fingerprint density at radius 2 is 0.900 bits per heavy atom. The van der Waals surface area contributed by atoms with Crippen molar-refractivity contribution in [2.24, 2.45) is 0 Å². The average Bonchev–Trinajstić information content (AvgIpc) is 2.89. The molecule has 5 heteroatoms. The Balaban J connectivity index is 3.92.